The quantitative estimate of drug-likeness (QED) is 0.791. The monoisotopic (exact) mass is 433 g/mol. The SMILES string of the molecule is CC(=O)N1c2ccc(S(=O)(=O)N3CCCCC3)cc2C[C@@H]1C(=O)NC1CCCCC1. The van der Waals surface area contributed by atoms with Crippen LogP contribution >= 0.6 is 0 Å². The first-order valence-electron chi connectivity index (χ1n) is 11.1. The lowest BCUT2D eigenvalue weighted by Crippen LogP contribution is -2.50. The number of amides is 2. The maximum atomic E-state index is 13.0. The average Bonchev–Trinajstić information content (AvgIpc) is 3.14. The molecule has 2 amide bonds. The van der Waals surface area contributed by atoms with E-state index in [0.717, 1.165) is 50.5 Å². The van der Waals surface area contributed by atoms with Crippen LogP contribution in [0.4, 0.5) is 5.69 Å². The van der Waals surface area contributed by atoms with E-state index in [1.54, 1.807) is 22.5 Å². The molecule has 1 aromatic carbocycles. The molecule has 0 aromatic heterocycles. The molecule has 7 nitrogen and oxygen atoms in total. The lowest BCUT2D eigenvalue weighted by Gasteiger charge is -2.28. The van der Waals surface area contributed by atoms with E-state index in [0.29, 0.717) is 25.2 Å². The third-order valence-corrected chi connectivity index (χ3v) is 8.48. The number of carbonyl (C=O) groups excluding carboxylic acids is 2. The zero-order valence-electron chi connectivity index (χ0n) is 17.6. The third-order valence-electron chi connectivity index (χ3n) is 6.58. The van der Waals surface area contributed by atoms with Crippen molar-refractivity contribution >= 4 is 27.5 Å². The van der Waals surface area contributed by atoms with Gasteiger partial charge in [0.15, 0.2) is 0 Å². The van der Waals surface area contributed by atoms with Crippen molar-refractivity contribution in [2.24, 2.45) is 0 Å². The normalized spacial score (nSPS) is 23.2. The van der Waals surface area contributed by atoms with Crippen LogP contribution in [0.5, 0.6) is 0 Å². The molecule has 1 saturated carbocycles. The van der Waals surface area contributed by atoms with Gasteiger partial charge in [0.25, 0.3) is 0 Å². The summed E-state index contributed by atoms with van der Waals surface area (Å²) in [5, 5.41) is 3.12. The van der Waals surface area contributed by atoms with Crippen LogP contribution in [-0.2, 0) is 26.0 Å². The highest BCUT2D eigenvalue weighted by Crippen LogP contribution is 2.35. The van der Waals surface area contributed by atoms with Gasteiger partial charge in [-0.05, 0) is 49.4 Å². The minimum Gasteiger partial charge on any atom is -0.352 e. The first kappa shape index (κ1) is 21.3. The van der Waals surface area contributed by atoms with Crippen molar-refractivity contribution in [2.45, 2.75) is 81.7 Å². The summed E-state index contributed by atoms with van der Waals surface area (Å²) >= 11 is 0. The van der Waals surface area contributed by atoms with Gasteiger partial charge in [0, 0.05) is 38.2 Å². The van der Waals surface area contributed by atoms with E-state index in [9.17, 15) is 18.0 Å². The molecule has 2 fully saturated rings. The highest BCUT2D eigenvalue weighted by molar-refractivity contribution is 7.89. The van der Waals surface area contributed by atoms with Crippen LogP contribution in [0.25, 0.3) is 0 Å². The number of nitrogens with zero attached hydrogens (tertiary/aromatic N) is 2. The minimum atomic E-state index is -3.55. The van der Waals surface area contributed by atoms with E-state index in [2.05, 4.69) is 5.32 Å². The van der Waals surface area contributed by atoms with Gasteiger partial charge in [-0.25, -0.2) is 8.42 Å². The molecule has 3 aliphatic rings. The molecule has 1 N–H and O–H groups in total. The molecular formula is C22H31N3O4S. The van der Waals surface area contributed by atoms with Crippen molar-refractivity contribution in [3.05, 3.63) is 23.8 Å². The van der Waals surface area contributed by atoms with Crippen molar-refractivity contribution in [1.82, 2.24) is 9.62 Å². The van der Waals surface area contributed by atoms with Crippen LogP contribution in [0, 0.1) is 0 Å². The maximum absolute atomic E-state index is 13.0. The second-order valence-corrected chi connectivity index (χ2v) is 10.6. The van der Waals surface area contributed by atoms with Gasteiger partial charge in [0.05, 0.1) is 4.90 Å². The molecule has 1 aromatic rings. The van der Waals surface area contributed by atoms with Gasteiger partial charge in [-0.3, -0.25) is 14.5 Å². The summed E-state index contributed by atoms with van der Waals surface area (Å²) in [4.78, 5) is 27.1. The van der Waals surface area contributed by atoms with Crippen molar-refractivity contribution < 1.29 is 18.0 Å². The first-order valence-corrected chi connectivity index (χ1v) is 12.5. The fourth-order valence-corrected chi connectivity index (χ4v) is 6.55. The number of nitrogens with one attached hydrogen (secondary N) is 1. The van der Waals surface area contributed by atoms with E-state index in [-0.39, 0.29) is 22.8 Å². The van der Waals surface area contributed by atoms with Crippen molar-refractivity contribution in [1.29, 1.82) is 0 Å². The highest BCUT2D eigenvalue weighted by atomic mass is 32.2. The Morgan fingerprint density at radius 1 is 1.00 bits per heavy atom. The lowest BCUT2D eigenvalue weighted by molar-refractivity contribution is -0.126. The van der Waals surface area contributed by atoms with E-state index >= 15 is 0 Å². The predicted molar refractivity (Wildman–Crippen MR) is 115 cm³/mol. The Morgan fingerprint density at radius 2 is 1.67 bits per heavy atom. The molecule has 0 unspecified atom stereocenters. The van der Waals surface area contributed by atoms with Gasteiger partial charge in [0.1, 0.15) is 6.04 Å². The fraction of sp³-hybridized carbons (Fsp3) is 0.636. The molecule has 2 aliphatic heterocycles. The Bertz CT molecular complexity index is 918. The second-order valence-electron chi connectivity index (χ2n) is 8.71. The van der Waals surface area contributed by atoms with Crippen LogP contribution < -0.4 is 10.2 Å². The molecule has 0 bridgehead atoms. The average molecular weight is 434 g/mol. The van der Waals surface area contributed by atoms with Gasteiger partial charge >= 0.3 is 0 Å². The fourth-order valence-electron chi connectivity index (χ4n) is 4.99. The number of carbonyl (C=O) groups is 2. The molecular weight excluding hydrogens is 402 g/mol. The number of sulfonamides is 1. The van der Waals surface area contributed by atoms with Crippen molar-refractivity contribution in [3.63, 3.8) is 0 Å². The van der Waals surface area contributed by atoms with Crippen LogP contribution in [0.2, 0.25) is 0 Å². The molecule has 4 rings (SSSR count). The number of benzene rings is 1. The molecule has 1 aliphatic carbocycles. The van der Waals surface area contributed by atoms with Gasteiger partial charge in [-0.2, -0.15) is 4.31 Å². The smallest absolute Gasteiger partial charge is 0.243 e. The Hall–Kier alpha value is -1.93. The van der Waals surface area contributed by atoms with E-state index in [4.69, 9.17) is 0 Å². The third kappa shape index (κ3) is 4.12. The largest absolute Gasteiger partial charge is 0.352 e. The number of fused-ring (bicyclic) bond motifs is 1. The van der Waals surface area contributed by atoms with Crippen LogP contribution in [0.3, 0.4) is 0 Å². The van der Waals surface area contributed by atoms with Crippen LogP contribution in [-0.4, -0.2) is 49.7 Å². The summed E-state index contributed by atoms with van der Waals surface area (Å²) in [7, 11) is -3.55. The van der Waals surface area contributed by atoms with Gasteiger partial charge in [0.2, 0.25) is 21.8 Å². The standard InChI is InChI=1S/C22H31N3O4S/c1-16(26)25-20-11-10-19(30(28,29)24-12-6-3-7-13-24)14-17(20)15-21(25)22(27)23-18-8-4-2-5-9-18/h10-11,14,18,21H,2-9,12-13,15H2,1H3,(H,23,27)/t21-/m1/s1. The van der Waals surface area contributed by atoms with Gasteiger partial charge in [-0.1, -0.05) is 25.7 Å². The summed E-state index contributed by atoms with van der Waals surface area (Å²) in [6, 6.07) is 4.45. The van der Waals surface area contributed by atoms with Crippen molar-refractivity contribution in [2.75, 3.05) is 18.0 Å². The minimum absolute atomic E-state index is 0.145. The molecule has 1 atom stereocenters. The Morgan fingerprint density at radius 3 is 2.33 bits per heavy atom. The summed E-state index contributed by atoms with van der Waals surface area (Å²) in [5.74, 6) is -0.349. The van der Waals surface area contributed by atoms with Gasteiger partial charge in [-0.15, -0.1) is 0 Å². The topological polar surface area (TPSA) is 86.8 Å². The summed E-state index contributed by atoms with van der Waals surface area (Å²) in [6.07, 6.45) is 8.55. The summed E-state index contributed by atoms with van der Waals surface area (Å²) in [6.45, 7) is 2.55. The van der Waals surface area contributed by atoms with Crippen LogP contribution in [0.1, 0.15) is 63.9 Å². The Kier molecular flexibility index (Phi) is 6.16. The number of hydrogen-bond acceptors (Lipinski definition) is 4. The molecule has 1 saturated heterocycles. The molecule has 30 heavy (non-hydrogen) atoms. The predicted octanol–water partition coefficient (Wildman–Crippen LogP) is 2.59. The molecule has 164 valence electrons. The summed E-state index contributed by atoms with van der Waals surface area (Å²) < 4.78 is 27.6. The maximum Gasteiger partial charge on any atom is 0.243 e. The van der Waals surface area contributed by atoms with Crippen LogP contribution in [0.15, 0.2) is 23.1 Å². The highest BCUT2D eigenvalue weighted by Gasteiger charge is 2.38. The Labute approximate surface area is 178 Å². The lowest BCUT2D eigenvalue weighted by atomic mass is 9.95. The number of rotatable bonds is 4. The van der Waals surface area contributed by atoms with Gasteiger partial charge < -0.3 is 5.32 Å². The number of anilines is 1. The Balaban J connectivity index is 1.57. The molecule has 0 spiro atoms. The zero-order chi connectivity index (χ0) is 21.3. The number of piperidine rings is 1. The molecule has 8 heteroatoms. The van der Waals surface area contributed by atoms with E-state index in [1.807, 2.05) is 0 Å². The zero-order valence-corrected chi connectivity index (χ0v) is 18.4. The first-order chi connectivity index (χ1) is 14.4. The second kappa shape index (κ2) is 8.67. The van der Waals surface area contributed by atoms with E-state index < -0.39 is 16.1 Å². The van der Waals surface area contributed by atoms with Crippen molar-refractivity contribution in [3.8, 4) is 0 Å². The van der Waals surface area contributed by atoms with E-state index in [1.165, 1.54) is 18.2 Å². The summed E-state index contributed by atoms with van der Waals surface area (Å²) in [5.41, 5.74) is 1.39. The molecule has 0 radical (unpaired) electrons. The molecule has 2 heterocycles. The number of hydrogen-bond donors (Lipinski definition) is 1.